The molecule has 0 fully saturated rings. The molecule has 0 spiro atoms. The third-order valence-electron chi connectivity index (χ3n) is 3.29. The number of ether oxygens (including phenoxy) is 2. The molecule has 0 saturated heterocycles. The molecule has 1 amide bonds. The summed E-state index contributed by atoms with van der Waals surface area (Å²) in [7, 11) is 0. The summed E-state index contributed by atoms with van der Waals surface area (Å²) in [6.45, 7) is -2.70. The number of amides is 1. The smallest absolute Gasteiger partial charge is 0.387 e. The quantitative estimate of drug-likeness (QED) is 0.543. The highest BCUT2D eigenvalue weighted by Crippen LogP contribution is 2.25. The summed E-state index contributed by atoms with van der Waals surface area (Å²) in [5, 5.41) is 13.5. The van der Waals surface area contributed by atoms with Gasteiger partial charge in [-0.05, 0) is 23.8 Å². The maximum Gasteiger partial charge on any atom is 0.387 e. The van der Waals surface area contributed by atoms with E-state index in [4.69, 9.17) is 4.74 Å². The largest absolute Gasteiger partial charge is 0.486 e. The first-order valence-electron chi connectivity index (χ1n) is 7.62. The number of alkyl halides is 2. The minimum atomic E-state index is -2.89. The summed E-state index contributed by atoms with van der Waals surface area (Å²) in [6.07, 6.45) is 0.0125. The summed E-state index contributed by atoms with van der Waals surface area (Å²) in [4.78, 5) is 22.1. The van der Waals surface area contributed by atoms with Crippen LogP contribution in [0.15, 0.2) is 48.5 Å². The van der Waals surface area contributed by atoms with Gasteiger partial charge in [0.1, 0.15) is 5.75 Å². The zero-order valence-corrected chi connectivity index (χ0v) is 13.6. The predicted molar refractivity (Wildman–Crippen MR) is 88.1 cm³/mol. The van der Waals surface area contributed by atoms with Gasteiger partial charge in [0.05, 0.1) is 18.0 Å². The van der Waals surface area contributed by atoms with Crippen molar-refractivity contribution in [2.24, 2.45) is 0 Å². The van der Waals surface area contributed by atoms with Gasteiger partial charge in [-0.1, -0.05) is 24.3 Å². The van der Waals surface area contributed by atoms with Gasteiger partial charge in [-0.25, -0.2) is 0 Å². The van der Waals surface area contributed by atoms with E-state index in [9.17, 15) is 23.7 Å². The molecule has 0 saturated carbocycles. The van der Waals surface area contributed by atoms with Crippen LogP contribution in [0.1, 0.15) is 12.0 Å². The Morgan fingerprint density at radius 2 is 1.85 bits per heavy atom. The molecule has 2 aromatic rings. The lowest BCUT2D eigenvalue weighted by atomic mass is 10.2. The molecular weight excluding hydrogens is 350 g/mol. The van der Waals surface area contributed by atoms with Gasteiger partial charge in [-0.15, -0.1) is 0 Å². The average Bonchev–Trinajstić information content (AvgIpc) is 2.61. The highest BCUT2D eigenvalue weighted by Gasteiger charge is 2.14. The molecule has 0 heterocycles. The van der Waals surface area contributed by atoms with Crippen LogP contribution in [0.25, 0.3) is 0 Å². The summed E-state index contributed by atoms with van der Waals surface area (Å²) in [5.74, 6) is -0.177. The Morgan fingerprint density at radius 3 is 2.50 bits per heavy atom. The van der Waals surface area contributed by atoms with Crippen molar-refractivity contribution < 1.29 is 28.0 Å². The van der Waals surface area contributed by atoms with E-state index in [-0.39, 0.29) is 42.7 Å². The number of nitrogens with zero attached hydrogens (tertiary/aromatic N) is 1. The first-order valence-corrected chi connectivity index (χ1v) is 7.62. The monoisotopic (exact) mass is 366 g/mol. The Hall–Kier alpha value is -3.23. The van der Waals surface area contributed by atoms with Crippen LogP contribution in [0.2, 0.25) is 0 Å². The van der Waals surface area contributed by atoms with Crippen LogP contribution in [-0.4, -0.2) is 24.0 Å². The number of benzene rings is 2. The lowest BCUT2D eigenvalue weighted by Gasteiger charge is -2.08. The molecule has 2 aromatic carbocycles. The fraction of sp³-hybridized carbons (Fsp3) is 0.235. The molecule has 0 bridgehead atoms. The Labute approximate surface area is 147 Å². The average molecular weight is 366 g/mol. The number of carbonyl (C=O) groups is 1. The van der Waals surface area contributed by atoms with Crippen LogP contribution in [0, 0.1) is 10.1 Å². The van der Waals surface area contributed by atoms with Crippen molar-refractivity contribution in [1.82, 2.24) is 5.32 Å². The minimum absolute atomic E-state index is 0.0125. The van der Waals surface area contributed by atoms with Gasteiger partial charge < -0.3 is 14.8 Å². The number of nitro groups is 1. The number of hydrogen-bond donors (Lipinski definition) is 1. The fourth-order valence-corrected chi connectivity index (χ4v) is 2.06. The second-order valence-electron chi connectivity index (χ2n) is 5.12. The minimum Gasteiger partial charge on any atom is -0.486 e. The summed E-state index contributed by atoms with van der Waals surface area (Å²) >= 11 is 0. The molecule has 0 unspecified atom stereocenters. The molecule has 0 atom stereocenters. The highest BCUT2D eigenvalue weighted by molar-refractivity contribution is 5.76. The van der Waals surface area contributed by atoms with Crippen molar-refractivity contribution >= 4 is 11.6 Å². The first kappa shape index (κ1) is 19.1. The van der Waals surface area contributed by atoms with E-state index in [0.29, 0.717) is 5.56 Å². The van der Waals surface area contributed by atoms with Gasteiger partial charge in [0.25, 0.3) is 0 Å². The zero-order chi connectivity index (χ0) is 18.9. The topological polar surface area (TPSA) is 90.7 Å². The molecule has 26 heavy (non-hydrogen) atoms. The third-order valence-corrected chi connectivity index (χ3v) is 3.29. The lowest BCUT2D eigenvalue weighted by molar-refractivity contribution is -0.385. The number of nitro benzene ring substituents is 1. The second-order valence-corrected chi connectivity index (χ2v) is 5.12. The van der Waals surface area contributed by atoms with E-state index in [0.717, 1.165) is 0 Å². The van der Waals surface area contributed by atoms with Crippen molar-refractivity contribution in [3.05, 3.63) is 64.2 Å². The molecule has 0 aliphatic carbocycles. The van der Waals surface area contributed by atoms with Crippen LogP contribution >= 0.6 is 0 Å². The van der Waals surface area contributed by atoms with Gasteiger partial charge in [-0.3, -0.25) is 14.9 Å². The van der Waals surface area contributed by atoms with Gasteiger partial charge in [0.2, 0.25) is 5.91 Å². The second kappa shape index (κ2) is 9.30. The number of hydrogen-bond acceptors (Lipinski definition) is 5. The standard InChI is InChI=1S/C17H16F2N2O5/c18-17(19)26-13-7-5-12(6-8-13)11-20-16(22)9-10-25-15-4-2-1-3-14(15)21(23)24/h1-8,17H,9-11H2,(H,20,22). The van der Waals surface area contributed by atoms with Crippen molar-refractivity contribution in [3.8, 4) is 11.5 Å². The van der Waals surface area contributed by atoms with Crippen molar-refractivity contribution in [1.29, 1.82) is 0 Å². The van der Waals surface area contributed by atoms with E-state index in [1.165, 1.54) is 30.3 Å². The summed E-state index contributed by atoms with van der Waals surface area (Å²) in [5.41, 5.74) is 0.540. The van der Waals surface area contributed by atoms with Gasteiger partial charge >= 0.3 is 12.3 Å². The first-order chi connectivity index (χ1) is 12.5. The van der Waals surface area contributed by atoms with Gasteiger partial charge in [-0.2, -0.15) is 8.78 Å². The Morgan fingerprint density at radius 1 is 1.15 bits per heavy atom. The maximum atomic E-state index is 12.1. The molecule has 1 N–H and O–H groups in total. The van der Waals surface area contributed by atoms with Crippen molar-refractivity contribution in [3.63, 3.8) is 0 Å². The Balaban J connectivity index is 1.75. The van der Waals surface area contributed by atoms with Crippen molar-refractivity contribution in [2.45, 2.75) is 19.6 Å². The zero-order valence-electron chi connectivity index (χ0n) is 13.6. The molecule has 2 rings (SSSR count). The van der Waals surface area contributed by atoms with E-state index in [1.54, 1.807) is 18.2 Å². The molecule has 0 aliphatic rings. The number of nitrogens with one attached hydrogen (secondary N) is 1. The van der Waals surface area contributed by atoms with Crippen LogP contribution in [0.4, 0.5) is 14.5 Å². The van der Waals surface area contributed by atoms with Gasteiger partial charge in [0.15, 0.2) is 5.75 Å². The molecule has 7 nitrogen and oxygen atoms in total. The molecule has 138 valence electrons. The number of rotatable bonds is 9. The number of halogens is 2. The summed E-state index contributed by atoms with van der Waals surface area (Å²) in [6, 6.07) is 11.8. The number of para-hydroxylation sites is 2. The van der Waals surface area contributed by atoms with E-state index in [1.807, 2.05) is 0 Å². The molecule has 9 heteroatoms. The van der Waals surface area contributed by atoms with E-state index >= 15 is 0 Å². The normalized spacial score (nSPS) is 10.4. The van der Waals surface area contributed by atoms with Crippen LogP contribution in [0.5, 0.6) is 11.5 Å². The number of carbonyl (C=O) groups excluding carboxylic acids is 1. The third kappa shape index (κ3) is 6.00. The fourth-order valence-electron chi connectivity index (χ4n) is 2.06. The van der Waals surface area contributed by atoms with Gasteiger partial charge in [0, 0.05) is 12.6 Å². The molecule has 0 radical (unpaired) electrons. The molecular formula is C17H16F2N2O5. The van der Waals surface area contributed by atoms with E-state index < -0.39 is 11.5 Å². The van der Waals surface area contributed by atoms with Crippen LogP contribution < -0.4 is 14.8 Å². The Bertz CT molecular complexity index is 753. The highest BCUT2D eigenvalue weighted by atomic mass is 19.3. The Kier molecular flexibility index (Phi) is 6.84. The van der Waals surface area contributed by atoms with Crippen molar-refractivity contribution in [2.75, 3.05) is 6.61 Å². The van der Waals surface area contributed by atoms with E-state index in [2.05, 4.69) is 10.1 Å². The molecule has 0 aliphatic heterocycles. The van der Waals surface area contributed by atoms with Crippen LogP contribution in [0.3, 0.4) is 0 Å². The maximum absolute atomic E-state index is 12.1. The lowest BCUT2D eigenvalue weighted by Crippen LogP contribution is -2.24. The van der Waals surface area contributed by atoms with Crippen LogP contribution in [-0.2, 0) is 11.3 Å². The molecule has 0 aromatic heterocycles. The summed E-state index contributed by atoms with van der Waals surface area (Å²) < 4.78 is 33.6. The predicted octanol–water partition coefficient (Wildman–Crippen LogP) is 3.28. The SMILES string of the molecule is O=C(CCOc1ccccc1[N+](=O)[O-])NCc1ccc(OC(F)F)cc1.